The summed E-state index contributed by atoms with van der Waals surface area (Å²) in [5, 5.41) is 2.54. The zero-order valence-corrected chi connectivity index (χ0v) is 11.4. The summed E-state index contributed by atoms with van der Waals surface area (Å²) in [7, 11) is 0. The topological polar surface area (TPSA) is 84.6 Å². The number of nitrogens with zero attached hydrogens (tertiary/aromatic N) is 1. The second-order valence-electron chi connectivity index (χ2n) is 3.95. The van der Waals surface area contributed by atoms with E-state index in [1.807, 2.05) is 13.8 Å². The van der Waals surface area contributed by atoms with Crippen LogP contribution >= 0.6 is 11.9 Å². The van der Waals surface area contributed by atoms with Crippen molar-refractivity contribution in [3.05, 3.63) is 11.8 Å². The van der Waals surface area contributed by atoms with Crippen molar-refractivity contribution in [2.75, 3.05) is 6.26 Å². The fraction of sp³-hybridized carbons (Fsp3) is 0.545. The molecule has 0 bridgehead atoms. The first kappa shape index (κ1) is 15.7. The van der Waals surface area contributed by atoms with E-state index in [2.05, 4.69) is 9.71 Å². The van der Waals surface area contributed by atoms with Crippen molar-refractivity contribution >= 4 is 29.5 Å². The molecule has 0 rings (SSSR count). The molecule has 0 atom stereocenters. The molecule has 2 amide bonds. The van der Waals surface area contributed by atoms with Crippen LogP contribution in [-0.4, -0.2) is 23.8 Å². The summed E-state index contributed by atoms with van der Waals surface area (Å²) >= 11 is 1.23. The molecule has 6 heteroatoms. The van der Waals surface area contributed by atoms with Crippen LogP contribution < -0.4 is 11.1 Å². The highest BCUT2D eigenvalue weighted by Gasteiger charge is 2.10. The van der Waals surface area contributed by atoms with Crippen LogP contribution in [-0.2, 0) is 9.59 Å². The van der Waals surface area contributed by atoms with E-state index in [0.717, 1.165) is 0 Å². The van der Waals surface area contributed by atoms with Crippen molar-refractivity contribution in [3.63, 3.8) is 0 Å². The molecule has 0 unspecified atom stereocenters. The van der Waals surface area contributed by atoms with Crippen LogP contribution in [0.2, 0.25) is 0 Å². The van der Waals surface area contributed by atoms with Crippen molar-refractivity contribution < 1.29 is 9.59 Å². The number of carbonyl (C=O) groups is 2. The molecule has 0 aliphatic carbocycles. The van der Waals surface area contributed by atoms with Gasteiger partial charge in [0.1, 0.15) is 0 Å². The monoisotopic (exact) mass is 257 g/mol. The van der Waals surface area contributed by atoms with Gasteiger partial charge in [0.15, 0.2) is 0 Å². The Labute approximate surface area is 106 Å². The van der Waals surface area contributed by atoms with Crippen LogP contribution in [0.15, 0.2) is 16.2 Å². The largest absolute Gasteiger partial charge is 0.365 e. The molecule has 5 nitrogen and oxygen atoms in total. The number of carbonyl (C=O) groups excluding carboxylic acids is 2. The number of amides is 2. The standard InChI is InChI=1S/C11H19N3O2S/c1-7(2)5-10(15)13-6-9(11(12)16)8(3)14-17-4/h6-7H,5H2,1-4H3,(H2,12,16)(H,13,15)/b9-6-,14-8-. The normalized spacial score (nSPS) is 12.8. The van der Waals surface area contributed by atoms with Gasteiger partial charge in [0, 0.05) is 18.9 Å². The Morgan fingerprint density at radius 1 is 1.47 bits per heavy atom. The van der Waals surface area contributed by atoms with Gasteiger partial charge in [-0.3, -0.25) is 9.59 Å². The smallest absolute Gasteiger partial charge is 0.252 e. The first-order valence-corrected chi connectivity index (χ1v) is 6.44. The molecule has 0 aliphatic heterocycles. The number of primary amides is 1. The maximum Gasteiger partial charge on any atom is 0.252 e. The van der Waals surface area contributed by atoms with E-state index in [1.54, 1.807) is 13.2 Å². The quantitative estimate of drug-likeness (QED) is 0.427. The number of nitrogens with two attached hydrogens (primary N) is 1. The van der Waals surface area contributed by atoms with Gasteiger partial charge in [-0.15, -0.1) is 0 Å². The summed E-state index contributed by atoms with van der Waals surface area (Å²) < 4.78 is 4.00. The molecule has 0 saturated heterocycles. The number of hydrogen-bond donors (Lipinski definition) is 2. The van der Waals surface area contributed by atoms with Gasteiger partial charge in [0.05, 0.1) is 11.3 Å². The average molecular weight is 257 g/mol. The second-order valence-corrected chi connectivity index (χ2v) is 4.49. The highest BCUT2D eigenvalue weighted by molar-refractivity contribution is 7.97. The van der Waals surface area contributed by atoms with E-state index in [4.69, 9.17) is 5.73 Å². The Bertz CT molecular complexity index is 349. The van der Waals surface area contributed by atoms with Crippen molar-refractivity contribution in [1.29, 1.82) is 0 Å². The molecular weight excluding hydrogens is 238 g/mol. The maximum atomic E-state index is 11.4. The minimum Gasteiger partial charge on any atom is -0.365 e. The van der Waals surface area contributed by atoms with E-state index < -0.39 is 5.91 Å². The van der Waals surface area contributed by atoms with Crippen molar-refractivity contribution in [2.45, 2.75) is 27.2 Å². The van der Waals surface area contributed by atoms with Crippen LogP contribution in [0, 0.1) is 5.92 Å². The Morgan fingerprint density at radius 2 is 2.06 bits per heavy atom. The fourth-order valence-corrected chi connectivity index (χ4v) is 1.49. The molecule has 96 valence electrons. The van der Waals surface area contributed by atoms with Crippen LogP contribution in [0.25, 0.3) is 0 Å². The predicted octanol–water partition coefficient (Wildman–Crippen LogP) is 1.26. The summed E-state index contributed by atoms with van der Waals surface area (Å²) in [4.78, 5) is 22.6. The van der Waals surface area contributed by atoms with Gasteiger partial charge in [0.2, 0.25) is 5.91 Å². The lowest BCUT2D eigenvalue weighted by atomic mass is 10.1. The van der Waals surface area contributed by atoms with Crippen molar-refractivity contribution in [3.8, 4) is 0 Å². The molecule has 0 aliphatic rings. The Kier molecular flexibility index (Phi) is 7.29. The van der Waals surface area contributed by atoms with Crippen LogP contribution in [0.1, 0.15) is 27.2 Å². The van der Waals surface area contributed by atoms with Gasteiger partial charge in [0.25, 0.3) is 5.91 Å². The van der Waals surface area contributed by atoms with E-state index in [1.165, 1.54) is 18.1 Å². The SMILES string of the molecule is CS/N=C(C)\C(=C\NC(=O)CC(C)C)C(N)=O. The molecule has 0 aromatic rings. The Hall–Kier alpha value is -1.30. The van der Waals surface area contributed by atoms with Gasteiger partial charge >= 0.3 is 0 Å². The molecule has 17 heavy (non-hydrogen) atoms. The third-order valence-electron chi connectivity index (χ3n) is 1.85. The molecule has 0 radical (unpaired) electrons. The van der Waals surface area contributed by atoms with E-state index in [9.17, 15) is 9.59 Å². The maximum absolute atomic E-state index is 11.4. The van der Waals surface area contributed by atoms with Crippen molar-refractivity contribution in [1.82, 2.24) is 5.32 Å². The minimum absolute atomic E-state index is 0.143. The van der Waals surface area contributed by atoms with Crippen LogP contribution in [0.4, 0.5) is 0 Å². The molecule has 0 fully saturated rings. The summed E-state index contributed by atoms with van der Waals surface area (Å²) in [5.74, 6) is -0.484. The minimum atomic E-state index is -0.606. The lowest BCUT2D eigenvalue weighted by molar-refractivity contribution is -0.120. The summed E-state index contributed by atoms with van der Waals surface area (Å²) in [6.07, 6.45) is 3.50. The molecular formula is C11H19N3O2S. The number of hydrogen-bond acceptors (Lipinski definition) is 4. The number of rotatable bonds is 6. The summed E-state index contributed by atoms with van der Waals surface area (Å²) in [5.41, 5.74) is 5.92. The summed E-state index contributed by atoms with van der Waals surface area (Å²) in [6, 6.07) is 0. The van der Waals surface area contributed by atoms with Gasteiger partial charge < -0.3 is 11.1 Å². The predicted molar refractivity (Wildman–Crippen MR) is 71.5 cm³/mol. The molecule has 0 spiro atoms. The third-order valence-corrected chi connectivity index (χ3v) is 2.31. The van der Waals surface area contributed by atoms with Gasteiger partial charge in [-0.25, -0.2) is 4.40 Å². The molecule has 0 aromatic heterocycles. The molecule has 0 aromatic carbocycles. The van der Waals surface area contributed by atoms with Gasteiger partial charge in [-0.2, -0.15) is 0 Å². The third kappa shape index (κ3) is 6.78. The van der Waals surface area contributed by atoms with Crippen LogP contribution in [0.3, 0.4) is 0 Å². The fourth-order valence-electron chi connectivity index (χ4n) is 1.12. The first-order valence-electron chi connectivity index (χ1n) is 5.26. The summed E-state index contributed by atoms with van der Waals surface area (Å²) in [6.45, 7) is 5.55. The zero-order valence-electron chi connectivity index (χ0n) is 10.6. The Morgan fingerprint density at radius 3 is 2.47 bits per heavy atom. The number of nitrogens with one attached hydrogen (secondary N) is 1. The van der Waals surface area contributed by atoms with Gasteiger partial charge in [-0.05, 0) is 24.8 Å². The van der Waals surface area contributed by atoms with E-state index >= 15 is 0 Å². The van der Waals surface area contributed by atoms with E-state index in [-0.39, 0.29) is 17.4 Å². The highest BCUT2D eigenvalue weighted by atomic mass is 32.2. The highest BCUT2D eigenvalue weighted by Crippen LogP contribution is 2.04. The molecule has 3 N–H and O–H groups in total. The van der Waals surface area contributed by atoms with Crippen LogP contribution in [0.5, 0.6) is 0 Å². The van der Waals surface area contributed by atoms with Gasteiger partial charge in [-0.1, -0.05) is 13.8 Å². The average Bonchev–Trinajstić information content (AvgIpc) is 2.16. The van der Waals surface area contributed by atoms with Crippen molar-refractivity contribution in [2.24, 2.45) is 16.0 Å². The Balaban J connectivity index is 4.68. The zero-order chi connectivity index (χ0) is 13.4. The lowest BCUT2D eigenvalue weighted by Crippen LogP contribution is -2.25. The lowest BCUT2D eigenvalue weighted by Gasteiger charge is -2.05. The first-order chi connectivity index (χ1) is 7.88. The molecule has 0 heterocycles. The molecule has 0 saturated carbocycles. The van der Waals surface area contributed by atoms with E-state index in [0.29, 0.717) is 12.1 Å². The second kappa shape index (κ2) is 7.89.